The maximum Gasteiger partial charge on any atom is 0.408 e. The van der Waals surface area contributed by atoms with Gasteiger partial charge in [-0.05, 0) is 35.2 Å². The molecule has 0 spiro atoms. The number of aromatic nitrogens is 2. The summed E-state index contributed by atoms with van der Waals surface area (Å²) in [4.78, 5) is 11.8. The van der Waals surface area contributed by atoms with E-state index < -0.39 is 18.3 Å². The van der Waals surface area contributed by atoms with Gasteiger partial charge in [-0.1, -0.05) is 12.8 Å². The van der Waals surface area contributed by atoms with Crippen molar-refractivity contribution in [1.82, 2.24) is 9.78 Å². The van der Waals surface area contributed by atoms with E-state index >= 15 is 0 Å². The molecular formula is C12H15BrF3N3O. The Morgan fingerprint density at radius 3 is 2.75 bits per heavy atom. The molecule has 20 heavy (non-hydrogen) atoms. The molecule has 0 bridgehead atoms. The SMILES string of the molecule is CC(CC1CC1)Nc1cnn(CC(F)(F)F)c(=O)c1Br. The van der Waals surface area contributed by atoms with Gasteiger partial charge in [0.1, 0.15) is 11.0 Å². The van der Waals surface area contributed by atoms with Crippen LogP contribution in [0.3, 0.4) is 0 Å². The Labute approximate surface area is 122 Å². The number of rotatable bonds is 5. The van der Waals surface area contributed by atoms with E-state index in [1.54, 1.807) is 0 Å². The summed E-state index contributed by atoms with van der Waals surface area (Å²) in [5.74, 6) is 0.717. The molecule has 8 heteroatoms. The highest BCUT2D eigenvalue weighted by Crippen LogP contribution is 2.34. The molecule has 1 aliphatic carbocycles. The van der Waals surface area contributed by atoms with Crippen molar-refractivity contribution >= 4 is 21.6 Å². The maximum atomic E-state index is 12.3. The molecule has 112 valence electrons. The van der Waals surface area contributed by atoms with Gasteiger partial charge in [-0.3, -0.25) is 4.79 Å². The van der Waals surface area contributed by atoms with E-state index in [4.69, 9.17) is 0 Å². The maximum absolute atomic E-state index is 12.3. The average Bonchev–Trinajstić information content (AvgIpc) is 3.11. The summed E-state index contributed by atoms with van der Waals surface area (Å²) < 4.78 is 37.3. The second-order valence-corrected chi connectivity index (χ2v) is 5.97. The van der Waals surface area contributed by atoms with Crippen molar-refractivity contribution in [3.8, 4) is 0 Å². The summed E-state index contributed by atoms with van der Waals surface area (Å²) in [6.45, 7) is 0.592. The molecule has 1 unspecified atom stereocenters. The number of nitrogens with zero attached hydrogens (tertiary/aromatic N) is 2. The zero-order valence-electron chi connectivity index (χ0n) is 10.9. The minimum absolute atomic E-state index is 0.0828. The van der Waals surface area contributed by atoms with Gasteiger partial charge in [0, 0.05) is 6.04 Å². The molecule has 1 aromatic heterocycles. The van der Waals surface area contributed by atoms with Gasteiger partial charge < -0.3 is 5.32 Å². The Hall–Kier alpha value is -1.05. The van der Waals surface area contributed by atoms with Crippen molar-refractivity contribution in [2.24, 2.45) is 5.92 Å². The van der Waals surface area contributed by atoms with Crippen molar-refractivity contribution in [3.05, 3.63) is 21.0 Å². The molecule has 1 saturated carbocycles. The fraction of sp³-hybridized carbons (Fsp3) is 0.667. The topological polar surface area (TPSA) is 46.9 Å². The first kappa shape index (κ1) is 15.3. The van der Waals surface area contributed by atoms with Crippen molar-refractivity contribution in [2.75, 3.05) is 5.32 Å². The van der Waals surface area contributed by atoms with Gasteiger partial charge >= 0.3 is 6.18 Å². The lowest BCUT2D eigenvalue weighted by Crippen LogP contribution is -2.31. The van der Waals surface area contributed by atoms with Crippen molar-refractivity contribution in [1.29, 1.82) is 0 Å². The van der Waals surface area contributed by atoms with Crippen LogP contribution in [0.4, 0.5) is 18.9 Å². The van der Waals surface area contributed by atoms with Crippen LogP contribution in [-0.2, 0) is 6.54 Å². The monoisotopic (exact) mass is 353 g/mol. The highest BCUT2D eigenvalue weighted by Gasteiger charge is 2.30. The molecule has 1 heterocycles. The number of hydrogen-bond donors (Lipinski definition) is 1. The minimum atomic E-state index is -4.47. The van der Waals surface area contributed by atoms with Crippen molar-refractivity contribution in [3.63, 3.8) is 0 Å². The second kappa shape index (κ2) is 5.75. The van der Waals surface area contributed by atoms with Gasteiger partial charge in [-0.2, -0.15) is 18.3 Å². The summed E-state index contributed by atoms with van der Waals surface area (Å²) in [6.07, 6.45) is 0.209. The lowest BCUT2D eigenvalue weighted by molar-refractivity contribution is -0.143. The summed E-state index contributed by atoms with van der Waals surface area (Å²) in [7, 11) is 0. The van der Waals surface area contributed by atoms with E-state index in [1.807, 2.05) is 6.92 Å². The molecule has 1 atom stereocenters. The lowest BCUT2D eigenvalue weighted by atomic mass is 10.1. The largest absolute Gasteiger partial charge is 0.408 e. The highest BCUT2D eigenvalue weighted by molar-refractivity contribution is 9.10. The van der Waals surface area contributed by atoms with E-state index in [-0.39, 0.29) is 10.5 Å². The Balaban J connectivity index is 2.11. The fourth-order valence-corrected chi connectivity index (χ4v) is 2.45. The first-order chi connectivity index (χ1) is 9.26. The molecule has 1 N–H and O–H groups in total. The molecule has 2 rings (SSSR count). The van der Waals surface area contributed by atoms with Gasteiger partial charge in [-0.15, -0.1) is 0 Å². The molecule has 0 amide bonds. The molecular weight excluding hydrogens is 339 g/mol. The molecule has 0 aliphatic heterocycles. The zero-order valence-corrected chi connectivity index (χ0v) is 12.5. The van der Waals surface area contributed by atoms with Crippen molar-refractivity contribution < 1.29 is 13.2 Å². The predicted octanol–water partition coefficient (Wildman–Crippen LogP) is 3.17. The summed E-state index contributed by atoms with van der Waals surface area (Å²) >= 11 is 3.05. The molecule has 0 aromatic carbocycles. The normalized spacial score (nSPS) is 17.1. The summed E-state index contributed by atoms with van der Waals surface area (Å²) in [6, 6.07) is 0.151. The molecule has 0 saturated heterocycles. The number of alkyl halides is 3. The Morgan fingerprint density at radius 2 is 2.20 bits per heavy atom. The molecule has 4 nitrogen and oxygen atoms in total. The van der Waals surface area contributed by atoms with Crippen LogP contribution in [0.15, 0.2) is 15.5 Å². The highest BCUT2D eigenvalue weighted by atomic mass is 79.9. The standard InChI is InChI=1S/C12H15BrF3N3O/c1-7(4-8-2-3-8)18-9-5-17-19(6-12(14,15)16)11(20)10(9)13/h5,7-8,18H,2-4,6H2,1H3. The molecule has 0 radical (unpaired) electrons. The summed E-state index contributed by atoms with van der Waals surface area (Å²) in [5.41, 5.74) is -0.354. The fourth-order valence-electron chi connectivity index (χ4n) is 2.03. The van der Waals surface area contributed by atoms with Gasteiger partial charge in [-0.25, -0.2) is 4.68 Å². The first-order valence-corrected chi connectivity index (χ1v) is 7.14. The smallest absolute Gasteiger partial charge is 0.380 e. The Bertz CT molecular complexity index is 540. The molecule has 1 aliphatic rings. The van der Waals surface area contributed by atoms with Crippen LogP contribution in [0.25, 0.3) is 0 Å². The summed E-state index contributed by atoms with van der Waals surface area (Å²) in [5, 5.41) is 6.67. The number of hydrogen-bond acceptors (Lipinski definition) is 3. The first-order valence-electron chi connectivity index (χ1n) is 6.35. The number of nitrogens with one attached hydrogen (secondary N) is 1. The number of anilines is 1. The quantitative estimate of drug-likeness (QED) is 0.884. The van der Waals surface area contributed by atoms with E-state index in [9.17, 15) is 18.0 Å². The van der Waals surface area contributed by atoms with Crippen LogP contribution in [-0.4, -0.2) is 22.0 Å². The van der Waals surface area contributed by atoms with E-state index in [0.29, 0.717) is 10.4 Å². The lowest BCUT2D eigenvalue weighted by Gasteiger charge is -2.16. The third kappa shape index (κ3) is 4.22. The van der Waals surface area contributed by atoms with E-state index in [0.717, 1.165) is 12.3 Å². The molecule has 1 aromatic rings. The van der Waals surface area contributed by atoms with Crippen LogP contribution in [0, 0.1) is 5.92 Å². The third-order valence-electron chi connectivity index (χ3n) is 3.10. The Kier molecular flexibility index (Phi) is 4.41. The molecule has 1 fully saturated rings. The predicted molar refractivity (Wildman–Crippen MR) is 72.7 cm³/mol. The second-order valence-electron chi connectivity index (χ2n) is 5.17. The van der Waals surface area contributed by atoms with Gasteiger partial charge in [0.05, 0.1) is 11.9 Å². The number of halogens is 4. The van der Waals surface area contributed by atoms with Crippen LogP contribution in [0.2, 0.25) is 0 Å². The average molecular weight is 354 g/mol. The van der Waals surface area contributed by atoms with Crippen LogP contribution in [0.5, 0.6) is 0 Å². The van der Waals surface area contributed by atoms with Crippen LogP contribution in [0.1, 0.15) is 26.2 Å². The van der Waals surface area contributed by atoms with Crippen LogP contribution >= 0.6 is 15.9 Å². The zero-order chi connectivity index (χ0) is 14.9. The van der Waals surface area contributed by atoms with Gasteiger partial charge in [0.15, 0.2) is 0 Å². The van der Waals surface area contributed by atoms with E-state index in [2.05, 4.69) is 26.3 Å². The van der Waals surface area contributed by atoms with Gasteiger partial charge in [0.25, 0.3) is 5.56 Å². The van der Waals surface area contributed by atoms with E-state index in [1.165, 1.54) is 19.0 Å². The van der Waals surface area contributed by atoms with Crippen LogP contribution < -0.4 is 10.9 Å². The van der Waals surface area contributed by atoms with Crippen molar-refractivity contribution in [2.45, 2.75) is 44.9 Å². The minimum Gasteiger partial charge on any atom is -0.380 e. The van der Waals surface area contributed by atoms with Gasteiger partial charge in [0.2, 0.25) is 0 Å². The Morgan fingerprint density at radius 1 is 1.55 bits per heavy atom. The third-order valence-corrected chi connectivity index (χ3v) is 3.87.